The number of ether oxygens (including phenoxy) is 1. The number of nitrogens with one attached hydrogen (secondary N) is 3. The van der Waals surface area contributed by atoms with E-state index in [4.69, 9.17) is 21.6 Å². The van der Waals surface area contributed by atoms with Crippen molar-refractivity contribution in [1.82, 2.24) is 5.32 Å². The van der Waals surface area contributed by atoms with Crippen LogP contribution in [0.3, 0.4) is 0 Å². The van der Waals surface area contributed by atoms with Crippen molar-refractivity contribution in [2.75, 3.05) is 19.0 Å². The van der Waals surface area contributed by atoms with Gasteiger partial charge in [0.2, 0.25) is 0 Å². The fourth-order valence-corrected chi connectivity index (χ4v) is 5.44. The largest absolute Gasteiger partial charge is 0.465 e. The van der Waals surface area contributed by atoms with Crippen LogP contribution in [0.5, 0.6) is 0 Å². The molecule has 0 spiro atoms. The Kier molecular flexibility index (Phi) is 10.1. The molecule has 0 unspecified atom stereocenters. The van der Waals surface area contributed by atoms with E-state index in [1.165, 1.54) is 13.2 Å². The van der Waals surface area contributed by atoms with Gasteiger partial charge in [0.15, 0.2) is 0 Å². The predicted octanol–water partition coefficient (Wildman–Crippen LogP) is 5.17. The first kappa shape index (κ1) is 31.1. The normalized spacial score (nSPS) is 10.8. The third-order valence-electron chi connectivity index (χ3n) is 6.88. The Morgan fingerprint density at radius 2 is 1.53 bits per heavy atom. The van der Waals surface area contributed by atoms with Crippen molar-refractivity contribution in [2.45, 2.75) is 26.8 Å². The maximum Gasteiger partial charge on any atom is 0.338 e. The Morgan fingerprint density at radius 1 is 0.884 bits per heavy atom. The summed E-state index contributed by atoms with van der Waals surface area (Å²) in [7, 11) is 1.27. The smallest absolute Gasteiger partial charge is 0.338 e. The summed E-state index contributed by atoms with van der Waals surface area (Å²) < 4.78 is 5.07. The van der Waals surface area contributed by atoms with Crippen LogP contribution < -0.4 is 22.1 Å². The number of amidine groups is 1. The molecule has 1 heterocycles. The van der Waals surface area contributed by atoms with Gasteiger partial charge in [-0.2, -0.15) is 11.3 Å². The van der Waals surface area contributed by atoms with Gasteiger partial charge in [0.05, 0.1) is 12.7 Å². The topological polar surface area (TPSA) is 160 Å². The number of benzene rings is 3. The summed E-state index contributed by atoms with van der Waals surface area (Å²) in [5.74, 6) is -1.15. The summed E-state index contributed by atoms with van der Waals surface area (Å²) in [5.41, 5.74) is 17.3. The molecule has 1 aromatic heterocycles. The minimum Gasteiger partial charge on any atom is -0.465 e. The van der Waals surface area contributed by atoms with E-state index in [9.17, 15) is 14.4 Å². The van der Waals surface area contributed by atoms with Crippen LogP contribution in [-0.4, -0.2) is 37.3 Å². The molecule has 7 N–H and O–H groups in total. The number of hydrogen-bond acceptors (Lipinski definition) is 7. The Morgan fingerprint density at radius 3 is 2.19 bits per heavy atom. The molecule has 4 aromatic rings. The number of rotatable bonds is 11. The van der Waals surface area contributed by atoms with Gasteiger partial charge in [-0.1, -0.05) is 32.0 Å². The van der Waals surface area contributed by atoms with Gasteiger partial charge in [0, 0.05) is 35.5 Å². The van der Waals surface area contributed by atoms with Gasteiger partial charge in [-0.15, -0.1) is 0 Å². The van der Waals surface area contributed by atoms with Gasteiger partial charge in [0.25, 0.3) is 11.8 Å². The zero-order valence-electron chi connectivity index (χ0n) is 24.3. The van der Waals surface area contributed by atoms with Gasteiger partial charge >= 0.3 is 5.97 Å². The fourth-order valence-electron chi connectivity index (χ4n) is 4.56. The van der Waals surface area contributed by atoms with Crippen molar-refractivity contribution in [2.24, 2.45) is 17.4 Å². The van der Waals surface area contributed by atoms with E-state index >= 15 is 0 Å². The van der Waals surface area contributed by atoms with E-state index in [0.29, 0.717) is 53.0 Å². The van der Waals surface area contributed by atoms with E-state index in [0.717, 1.165) is 16.7 Å². The average molecular weight is 598 g/mol. The van der Waals surface area contributed by atoms with E-state index in [1.807, 2.05) is 30.7 Å². The number of anilines is 1. The van der Waals surface area contributed by atoms with Gasteiger partial charge in [-0.3, -0.25) is 15.0 Å². The lowest BCUT2D eigenvalue weighted by Crippen LogP contribution is -2.27. The second-order valence-electron chi connectivity index (χ2n) is 10.5. The molecular weight excluding hydrogens is 562 g/mol. The summed E-state index contributed by atoms with van der Waals surface area (Å²) in [6.45, 7) is 4.89. The van der Waals surface area contributed by atoms with Gasteiger partial charge in [-0.05, 0) is 93.4 Å². The van der Waals surface area contributed by atoms with Crippen molar-refractivity contribution >= 4 is 40.6 Å². The lowest BCUT2D eigenvalue weighted by molar-refractivity contribution is 0.0601. The van der Waals surface area contributed by atoms with Crippen molar-refractivity contribution in [3.05, 3.63) is 110 Å². The molecule has 10 heteroatoms. The van der Waals surface area contributed by atoms with Crippen molar-refractivity contribution in [1.29, 1.82) is 5.41 Å². The molecule has 0 aliphatic carbocycles. The van der Waals surface area contributed by atoms with Crippen LogP contribution in [0.4, 0.5) is 5.69 Å². The minimum absolute atomic E-state index is 0.0742. The van der Waals surface area contributed by atoms with Crippen LogP contribution in [0, 0.1) is 11.3 Å². The lowest BCUT2D eigenvalue weighted by Gasteiger charge is -2.16. The Labute approximate surface area is 254 Å². The molecule has 0 radical (unpaired) electrons. The number of thiophene rings is 1. The highest BCUT2D eigenvalue weighted by atomic mass is 32.1. The number of nitrogen functional groups attached to an aromatic ring is 1. The molecule has 0 fully saturated rings. The number of carbonyl (C=O) groups excluding carboxylic acids is 3. The molecule has 0 saturated carbocycles. The SMILES string of the molecule is COC(=O)c1cc(C(=O)NCC(C)C)ccc1-c1ccc(Cc2cscc2CN)cc1C(=O)Nc1ccc(C(=N)N)cc1. The number of amides is 2. The lowest BCUT2D eigenvalue weighted by atomic mass is 9.91. The summed E-state index contributed by atoms with van der Waals surface area (Å²) >= 11 is 1.57. The maximum absolute atomic E-state index is 13.8. The highest BCUT2D eigenvalue weighted by Gasteiger charge is 2.22. The number of methoxy groups -OCH3 is 1. The van der Waals surface area contributed by atoms with Gasteiger partial charge in [-0.25, -0.2) is 4.79 Å². The molecule has 0 aliphatic rings. The quantitative estimate of drug-likeness (QED) is 0.0910. The van der Waals surface area contributed by atoms with E-state index in [2.05, 4.69) is 10.6 Å². The van der Waals surface area contributed by atoms with E-state index < -0.39 is 11.9 Å². The molecule has 4 rings (SSSR count). The van der Waals surface area contributed by atoms with Crippen LogP contribution >= 0.6 is 11.3 Å². The van der Waals surface area contributed by atoms with Crippen LogP contribution in [-0.2, 0) is 17.7 Å². The van der Waals surface area contributed by atoms with Crippen LogP contribution in [0.25, 0.3) is 11.1 Å². The first-order chi connectivity index (χ1) is 20.6. The number of carbonyl (C=O) groups is 3. The molecule has 0 aliphatic heterocycles. The van der Waals surface area contributed by atoms with Crippen molar-refractivity contribution in [3.8, 4) is 11.1 Å². The second-order valence-corrected chi connectivity index (χ2v) is 11.2. The molecule has 2 amide bonds. The monoisotopic (exact) mass is 597 g/mol. The molecular formula is C33H35N5O4S. The summed E-state index contributed by atoms with van der Waals surface area (Å²) in [6.07, 6.45) is 0.572. The first-order valence-corrected chi connectivity index (χ1v) is 14.7. The average Bonchev–Trinajstić information content (AvgIpc) is 3.46. The highest BCUT2D eigenvalue weighted by Crippen LogP contribution is 2.31. The Balaban J connectivity index is 1.79. The number of hydrogen-bond donors (Lipinski definition) is 5. The third kappa shape index (κ3) is 7.54. The molecule has 9 nitrogen and oxygen atoms in total. The third-order valence-corrected chi connectivity index (χ3v) is 7.72. The molecule has 43 heavy (non-hydrogen) atoms. The first-order valence-electron chi connectivity index (χ1n) is 13.7. The summed E-state index contributed by atoms with van der Waals surface area (Å²) in [6, 6.07) is 16.9. The van der Waals surface area contributed by atoms with E-state index in [1.54, 1.807) is 59.9 Å². The summed E-state index contributed by atoms with van der Waals surface area (Å²) in [5, 5.41) is 17.5. The molecule has 222 valence electrons. The Bertz CT molecular complexity index is 1660. The molecule has 0 bridgehead atoms. The highest BCUT2D eigenvalue weighted by molar-refractivity contribution is 7.08. The zero-order valence-corrected chi connectivity index (χ0v) is 25.1. The van der Waals surface area contributed by atoms with E-state index in [-0.39, 0.29) is 23.2 Å². The van der Waals surface area contributed by atoms with Gasteiger partial charge in [0.1, 0.15) is 5.84 Å². The minimum atomic E-state index is -0.630. The van der Waals surface area contributed by atoms with Crippen LogP contribution in [0.1, 0.15) is 67.2 Å². The second kappa shape index (κ2) is 13.9. The van der Waals surface area contributed by atoms with Gasteiger partial charge < -0.3 is 26.8 Å². The number of nitrogens with two attached hydrogens (primary N) is 2. The number of esters is 1. The van der Waals surface area contributed by atoms with Crippen LogP contribution in [0.2, 0.25) is 0 Å². The summed E-state index contributed by atoms with van der Waals surface area (Å²) in [4.78, 5) is 39.6. The van der Waals surface area contributed by atoms with Crippen molar-refractivity contribution < 1.29 is 19.1 Å². The standard InChI is InChI=1S/C33H35N5O4S/c1-19(2)16-37-31(39)22-7-11-27(29(14-22)33(41)42-3)26-10-4-20(12-23-17-43-18-24(23)15-34)13-28(26)32(40)38-25-8-5-21(6-9-25)30(35)36/h4-11,13-14,17-19H,12,15-16,34H2,1-3H3,(H3,35,36)(H,37,39)(H,38,40). The van der Waals surface area contributed by atoms with Crippen molar-refractivity contribution in [3.63, 3.8) is 0 Å². The zero-order chi connectivity index (χ0) is 31.1. The molecule has 3 aromatic carbocycles. The fraction of sp³-hybridized carbons (Fsp3) is 0.212. The maximum atomic E-state index is 13.8. The van der Waals surface area contributed by atoms with Crippen LogP contribution in [0.15, 0.2) is 71.4 Å². The molecule has 0 saturated heterocycles. The Hall–Kier alpha value is -4.80. The molecule has 0 atom stereocenters. The predicted molar refractivity (Wildman–Crippen MR) is 171 cm³/mol.